The Morgan fingerprint density at radius 3 is 2.52 bits per heavy atom. The van der Waals surface area contributed by atoms with Gasteiger partial charge in [0.1, 0.15) is 11.3 Å². The van der Waals surface area contributed by atoms with E-state index in [9.17, 15) is 14.7 Å². The van der Waals surface area contributed by atoms with E-state index < -0.39 is 12.1 Å². The van der Waals surface area contributed by atoms with E-state index in [-0.39, 0.29) is 17.2 Å². The van der Waals surface area contributed by atoms with Gasteiger partial charge in [0.25, 0.3) is 5.91 Å². The number of hydrogen-bond donors (Lipinski definition) is 1. The van der Waals surface area contributed by atoms with Crippen LogP contribution in [0.1, 0.15) is 42.1 Å². The van der Waals surface area contributed by atoms with E-state index in [1.54, 1.807) is 24.0 Å². The second-order valence-corrected chi connectivity index (χ2v) is 5.45. The van der Waals surface area contributed by atoms with E-state index in [0.29, 0.717) is 0 Å². The molecule has 0 radical (unpaired) electrons. The lowest BCUT2D eigenvalue weighted by atomic mass is 10.1. The van der Waals surface area contributed by atoms with Crippen molar-refractivity contribution >= 4 is 11.9 Å². The van der Waals surface area contributed by atoms with Gasteiger partial charge >= 0.3 is 5.97 Å². The molecule has 5 heteroatoms. The van der Waals surface area contributed by atoms with Crippen LogP contribution in [0.15, 0.2) is 18.2 Å². The number of carbonyl (C=O) groups is 2. The largest absolute Gasteiger partial charge is 0.480 e. The molecule has 1 aliphatic heterocycles. The van der Waals surface area contributed by atoms with E-state index >= 15 is 0 Å². The zero-order chi connectivity index (χ0) is 15.4. The Kier molecular flexibility index (Phi) is 4.83. The third-order valence-corrected chi connectivity index (χ3v) is 3.69. The molecule has 114 valence electrons. The number of likely N-dealkylation sites (tertiary alicyclic amines) is 1. The number of carbonyl (C=O) groups excluding carboxylic acids is 1. The van der Waals surface area contributed by atoms with Crippen LogP contribution >= 0.6 is 0 Å². The smallest absolute Gasteiger partial charge is 0.339 e. The van der Waals surface area contributed by atoms with Gasteiger partial charge in [-0.15, -0.1) is 0 Å². The average Bonchev–Trinajstić information content (AvgIpc) is 2.47. The summed E-state index contributed by atoms with van der Waals surface area (Å²) in [6, 6.07) is 4.88. The molecule has 1 aromatic rings. The third-order valence-electron chi connectivity index (χ3n) is 3.69. The van der Waals surface area contributed by atoms with Crippen molar-refractivity contribution < 1.29 is 19.4 Å². The number of ether oxygens (including phenoxy) is 1. The minimum atomic E-state index is -1.05. The monoisotopic (exact) mass is 291 g/mol. The maximum atomic E-state index is 12.3. The summed E-state index contributed by atoms with van der Waals surface area (Å²) >= 11 is 0. The Bertz CT molecular complexity index is 535. The third kappa shape index (κ3) is 3.74. The van der Waals surface area contributed by atoms with Crippen LogP contribution < -0.4 is 4.74 Å². The summed E-state index contributed by atoms with van der Waals surface area (Å²) in [5.41, 5.74) is 0.978. The van der Waals surface area contributed by atoms with Gasteiger partial charge in [0.15, 0.2) is 6.10 Å². The fourth-order valence-electron chi connectivity index (χ4n) is 2.52. The normalized spacial score (nSPS) is 16.4. The molecular formula is C16H21NO4. The number of benzene rings is 1. The summed E-state index contributed by atoms with van der Waals surface area (Å²) in [5, 5.41) is 9.18. The first-order chi connectivity index (χ1) is 9.99. The van der Waals surface area contributed by atoms with Gasteiger partial charge < -0.3 is 14.7 Å². The molecule has 1 aliphatic rings. The highest BCUT2D eigenvalue weighted by Gasteiger charge is 2.24. The average molecular weight is 291 g/mol. The number of rotatable bonds is 4. The maximum Gasteiger partial charge on any atom is 0.339 e. The van der Waals surface area contributed by atoms with Gasteiger partial charge in [-0.1, -0.05) is 6.07 Å². The predicted octanol–water partition coefficient (Wildman–Crippen LogP) is 2.47. The first-order valence-corrected chi connectivity index (χ1v) is 7.28. The SMILES string of the molecule is Cc1ccc(C(=O)O)c(OC(C)C(=O)N2CCCCC2)c1. The predicted molar refractivity (Wildman–Crippen MR) is 78.7 cm³/mol. The number of aryl methyl sites for hydroxylation is 1. The second kappa shape index (κ2) is 6.61. The minimum Gasteiger partial charge on any atom is -0.480 e. The molecule has 1 unspecified atom stereocenters. The fraction of sp³-hybridized carbons (Fsp3) is 0.500. The summed E-state index contributed by atoms with van der Waals surface area (Å²) in [7, 11) is 0. The molecule has 1 fully saturated rings. The number of aromatic carboxylic acids is 1. The summed E-state index contributed by atoms with van der Waals surface area (Å²) in [6.07, 6.45) is 2.51. The van der Waals surface area contributed by atoms with Crippen LogP contribution in [-0.2, 0) is 4.79 Å². The zero-order valence-electron chi connectivity index (χ0n) is 12.5. The topological polar surface area (TPSA) is 66.8 Å². The van der Waals surface area contributed by atoms with Crippen LogP contribution in [0.3, 0.4) is 0 Å². The Morgan fingerprint density at radius 1 is 1.24 bits per heavy atom. The van der Waals surface area contributed by atoms with Crippen LogP contribution in [0.4, 0.5) is 0 Å². The van der Waals surface area contributed by atoms with Gasteiger partial charge in [-0.3, -0.25) is 4.79 Å². The number of nitrogens with zero attached hydrogens (tertiary/aromatic N) is 1. The molecule has 1 aromatic carbocycles. The molecule has 1 N–H and O–H groups in total. The Labute approximate surface area is 124 Å². The maximum absolute atomic E-state index is 12.3. The highest BCUT2D eigenvalue weighted by molar-refractivity contribution is 5.91. The molecule has 5 nitrogen and oxygen atoms in total. The van der Waals surface area contributed by atoms with Crippen molar-refractivity contribution in [2.75, 3.05) is 13.1 Å². The van der Waals surface area contributed by atoms with E-state index in [0.717, 1.165) is 37.9 Å². The van der Waals surface area contributed by atoms with Gasteiger partial charge in [-0.2, -0.15) is 0 Å². The van der Waals surface area contributed by atoms with E-state index in [2.05, 4.69) is 0 Å². The van der Waals surface area contributed by atoms with Gasteiger partial charge in [0.2, 0.25) is 0 Å². The molecule has 0 aromatic heterocycles. The fourth-order valence-corrected chi connectivity index (χ4v) is 2.52. The highest BCUT2D eigenvalue weighted by atomic mass is 16.5. The van der Waals surface area contributed by atoms with Crippen LogP contribution in [0, 0.1) is 6.92 Å². The molecule has 0 bridgehead atoms. The van der Waals surface area contributed by atoms with E-state index in [1.165, 1.54) is 6.07 Å². The lowest BCUT2D eigenvalue weighted by molar-refractivity contribution is -0.138. The van der Waals surface area contributed by atoms with Crippen molar-refractivity contribution in [3.05, 3.63) is 29.3 Å². The van der Waals surface area contributed by atoms with Gasteiger partial charge in [-0.05, 0) is 50.8 Å². The summed E-state index contributed by atoms with van der Waals surface area (Å²) in [4.78, 5) is 25.3. The van der Waals surface area contributed by atoms with Crippen LogP contribution in [0.5, 0.6) is 5.75 Å². The van der Waals surface area contributed by atoms with Crippen molar-refractivity contribution in [1.29, 1.82) is 0 Å². The lowest BCUT2D eigenvalue weighted by Gasteiger charge is -2.29. The minimum absolute atomic E-state index is 0.0763. The highest BCUT2D eigenvalue weighted by Crippen LogP contribution is 2.22. The van der Waals surface area contributed by atoms with Gasteiger partial charge in [0.05, 0.1) is 0 Å². The molecule has 2 rings (SSSR count). The second-order valence-electron chi connectivity index (χ2n) is 5.45. The van der Waals surface area contributed by atoms with Crippen molar-refractivity contribution in [2.45, 2.75) is 39.2 Å². The molecule has 21 heavy (non-hydrogen) atoms. The first-order valence-electron chi connectivity index (χ1n) is 7.28. The molecule has 0 aliphatic carbocycles. The molecule has 0 spiro atoms. The Balaban J connectivity index is 2.11. The van der Waals surface area contributed by atoms with Crippen molar-refractivity contribution in [3.63, 3.8) is 0 Å². The molecular weight excluding hydrogens is 270 g/mol. The molecule has 1 saturated heterocycles. The van der Waals surface area contributed by atoms with Crippen molar-refractivity contribution in [1.82, 2.24) is 4.90 Å². The molecule has 1 heterocycles. The number of hydrogen-bond acceptors (Lipinski definition) is 3. The first kappa shape index (κ1) is 15.4. The summed E-state index contributed by atoms with van der Waals surface area (Å²) in [5.74, 6) is -0.879. The van der Waals surface area contributed by atoms with Crippen LogP contribution in [0.25, 0.3) is 0 Å². The Hall–Kier alpha value is -2.04. The molecule has 1 atom stereocenters. The van der Waals surface area contributed by atoms with E-state index in [1.807, 2.05) is 6.92 Å². The molecule has 0 saturated carbocycles. The zero-order valence-corrected chi connectivity index (χ0v) is 12.5. The number of amides is 1. The van der Waals surface area contributed by atoms with Crippen molar-refractivity contribution in [2.24, 2.45) is 0 Å². The number of piperidine rings is 1. The number of carboxylic acids is 1. The lowest BCUT2D eigenvalue weighted by Crippen LogP contribution is -2.43. The summed E-state index contributed by atoms with van der Waals surface area (Å²) < 4.78 is 5.63. The van der Waals surface area contributed by atoms with Crippen LogP contribution in [-0.4, -0.2) is 41.1 Å². The van der Waals surface area contributed by atoms with Gasteiger partial charge in [0, 0.05) is 13.1 Å². The van der Waals surface area contributed by atoms with Gasteiger partial charge in [-0.25, -0.2) is 4.79 Å². The summed E-state index contributed by atoms with van der Waals surface area (Å²) in [6.45, 7) is 5.04. The van der Waals surface area contributed by atoms with E-state index in [4.69, 9.17) is 4.74 Å². The standard InChI is InChI=1S/C16H21NO4/c1-11-6-7-13(16(19)20)14(10-11)21-12(2)15(18)17-8-4-3-5-9-17/h6-7,10,12H,3-5,8-9H2,1-2H3,(H,19,20). The quantitative estimate of drug-likeness (QED) is 0.925. The Morgan fingerprint density at radius 2 is 1.90 bits per heavy atom. The van der Waals surface area contributed by atoms with Crippen molar-refractivity contribution in [3.8, 4) is 5.75 Å². The molecule has 1 amide bonds. The number of carboxylic acid groups (broad SMARTS) is 1. The van der Waals surface area contributed by atoms with Crippen LogP contribution in [0.2, 0.25) is 0 Å².